The van der Waals surface area contributed by atoms with Gasteiger partial charge in [0.15, 0.2) is 0 Å². The molecule has 0 bridgehead atoms. The highest BCUT2D eigenvalue weighted by Gasteiger charge is 2.64. The Balaban J connectivity index is 1.38. The second-order valence-electron chi connectivity index (χ2n) is 16.4. The van der Waals surface area contributed by atoms with Crippen LogP contribution >= 0.6 is 15.9 Å². The Bertz CT molecular complexity index is 1050. The smallest absolute Gasteiger partial charge is 0.303 e. The number of aliphatic hydroxyl groups excluding tert-OH is 1. The van der Waals surface area contributed by atoms with Gasteiger partial charge in [-0.2, -0.15) is 0 Å². The third-order valence-corrected chi connectivity index (χ3v) is 13.5. The molecule has 0 saturated carbocycles. The molecular formula is C34H59BrO8. The van der Waals surface area contributed by atoms with Crippen molar-refractivity contribution in [1.82, 2.24) is 0 Å². The number of carbonyl (C=O) groups excluding carboxylic acids is 1. The van der Waals surface area contributed by atoms with Gasteiger partial charge in [-0.15, -0.1) is 0 Å². The topological polar surface area (TPSA) is 104 Å². The van der Waals surface area contributed by atoms with Crippen LogP contribution in [0.3, 0.4) is 0 Å². The zero-order valence-electron chi connectivity index (χ0n) is 28.6. The lowest BCUT2D eigenvalue weighted by molar-refractivity contribution is -0.364. The first-order valence-electron chi connectivity index (χ1n) is 16.4. The lowest BCUT2D eigenvalue weighted by atomic mass is 9.65. The van der Waals surface area contributed by atoms with E-state index in [2.05, 4.69) is 57.5 Å². The number of ether oxygens (including phenoxy) is 5. The number of alkyl halides is 1. The maximum Gasteiger partial charge on any atom is 0.303 e. The average molecular weight is 676 g/mol. The van der Waals surface area contributed by atoms with Gasteiger partial charge in [0.25, 0.3) is 0 Å². The van der Waals surface area contributed by atoms with Gasteiger partial charge in [-0.25, -0.2) is 0 Å². The van der Waals surface area contributed by atoms with Crippen LogP contribution in [-0.2, 0) is 28.5 Å². The first-order valence-corrected chi connectivity index (χ1v) is 17.3. The number of fused-ring (bicyclic) bond motifs is 1. The minimum Gasteiger partial charge on any atom is -0.457 e. The van der Waals surface area contributed by atoms with Crippen molar-refractivity contribution >= 4 is 21.9 Å². The molecule has 8 nitrogen and oxygen atoms in total. The zero-order chi connectivity index (χ0) is 32.5. The number of hydrogen-bond acceptors (Lipinski definition) is 8. The summed E-state index contributed by atoms with van der Waals surface area (Å²) >= 11 is 3.82. The first-order chi connectivity index (χ1) is 19.4. The minimum atomic E-state index is -1.13. The number of esters is 1. The van der Waals surface area contributed by atoms with Gasteiger partial charge in [0.2, 0.25) is 0 Å². The van der Waals surface area contributed by atoms with Gasteiger partial charge in [-0.05, 0) is 133 Å². The van der Waals surface area contributed by atoms with Crippen molar-refractivity contribution in [1.29, 1.82) is 0 Å². The van der Waals surface area contributed by atoms with Crippen LogP contribution in [0.2, 0.25) is 0 Å². The van der Waals surface area contributed by atoms with Crippen LogP contribution in [0.5, 0.6) is 0 Å². The number of rotatable bonds is 8. The van der Waals surface area contributed by atoms with Crippen LogP contribution in [0.4, 0.5) is 0 Å². The van der Waals surface area contributed by atoms with Gasteiger partial charge in [0, 0.05) is 11.8 Å². The summed E-state index contributed by atoms with van der Waals surface area (Å²) in [6, 6.07) is 0. The standard InChI is InChI=1S/C34H59BrO8/c1-22(36)39-28(4,5)25-14-17-30(7,40-25)24(37)13-16-29(6,38)26-15-19-32(9)31(8,41-26)20-21-34(11,43-32)33(10)18-12-23(35)27(2,3)42-33/h23-26,37-38H,12-21H2,1-11H3/t23?,24?,25?,26-,29+,30-,31?,32-,33?,34-/m1/s1. The Kier molecular flexibility index (Phi) is 9.47. The van der Waals surface area contributed by atoms with Crippen LogP contribution in [0.1, 0.15) is 140 Å². The van der Waals surface area contributed by atoms with Crippen molar-refractivity contribution in [3.05, 3.63) is 0 Å². The van der Waals surface area contributed by atoms with Crippen molar-refractivity contribution in [2.75, 3.05) is 0 Å². The molecule has 0 spiro atoms. The predicted octanol–water partition coefficient (Wildman–Crippen LogP) is 6.53. The molecular weight excluding hydrogens is 616 g/mol. The molecule has 4 aliphatic heterocycles. The second kappa shape index (κ2) is 11.4. The first kappa shape index (κ1) is 35.6. The fourth-order valence-corrected chi connectivity index (χ4v) is 8.55. The highest BCUT2D eigenvalue weighted by Crippen LogP contribution is 2.57. The molecule has 10 atom stereocenters. The molecule has 4 aliphatic rings. The Morgan fingerprint density at radius 2 is 1.37 bits per heavy atom. The van der Waals surface area contributed by atoms with E-state index < -0.39 is 45.3 Å². The molecule has 4 fully saturated rings. The van der Waals surface area contributed by atoms with Gasteiger partial charge in [-0.1, -0.05) is 15.9 Å². The quantitative estimate of drug-likeness (QED) is 0.221. The van der Waals surface area contributed by atoms with E-state index in [9.17, 15) is 15.0 Å². The maximum atomic E-state index is 11.7. The molecule has 250 valence electrons. The lowest BCUT2D eigenvalue weighted by Gasteiger charge is -2.64. The van der Waals surface area contributed by atoms with Gasteiger partial charge < -0.3 is 33.9 Å². The fraction of sp³-hybridized carbons (Fsp3) is 0.971. The van der Waals surface area contributed by atoms with Crippen molar-refractivity contribution < 1.29 is 38.7 Å². The number of carbonyl (C=O) groups is 1. The summed E-state index contributed by atoms with van der Waals surface area (Å²) in [4.78, 5) is 11.9. The highest BCUT2D eigenvalue weighted by atomic mass is 79.9. The Morgan fingerprint density at radius 3 is 1.98 bits per heavy atom. The number of halogens is 1. The summed E-state index contributed by atoms with van der Waals surface area (Å²) in [5.74, 6) is -0.350. The van der Waals surface area contributed by atoms with E-state index in [0.717, 1.165) is 32.1 Å². The van der Waals surface area contributed by atoms with E-state index in [1.807, 2.05) is 27.7 Å². The van der Waals surface area contributed by atoms with Crippen molar-refractivity contribution in [2.24, 2.45) is 0 Å². The number of hydrogen-bond donors (Lipinski definition) is 2. The summed E-state index contributed by atoms with van der Waals surface area (Å²) in [5, 5.41) is 23.0. The molecule has 4 heterocycles. The normalized spacial score (nSPS) is 45.6. The monoisotopic (exact) mass is 674 g/mol. The Hall–Kier alpha value is -0.290. The molecule has 4 saturated heterocycles. The molecule has 0 aromatic heterocycles. The number of aliphatic hydroxyl groups is 2. The SMILES string of the molecule is CC(=O)OC(C)(C)C1CC[C@](C)(C(O)CC[C@](C)(O)[C@H]2CC[C@@]3(C)O[C@@](C)(C4(C)CCC(Br)C(C)(C)O4)CCC3(C)O2)O1. The van der Waals surface area contributed by atoms with Crippen molar-refractivity contribution in [2.45, 2.75) is 208 Å². The van der Waals surface area contributed by atoms with Crippen LogP contribution in [0.15, 0.2) is 0 Å². The molecule has 9 heteroatoms. The molecule has 2 N–H and O–H groups in total. The molecule has 4 rings (SSSR count). The van der Waals surface area contributed by atoms with Gasteiger partial charge >= 0.3 is 5.97 Å². The second-order valence-corrected chi connectivity index (χ2v) is 17.6. The van der Waals surface area contributed by atoms with E-state index >= 15 is 0 Å². The van der Waals surface area contributed by atoms with Gasteiger partial charge in [0.05, 0.1) is 57.5 Å². The zero-order valence-corrected chi connectivity index (χ0v) is 30.2. The molecule has 5 unspecified atom stereocenters. The lowest BCUT2D eigenvalue weighted by Crippen LogP contribution is -2.72. The summed E-state index contributed by atoms with van der Waals surface area (Å²) in [6.07, 6.45) is 5.57. The molecule has 0 aromatic carbocycles. The van der Waals surface area contributed by atoms with E-state index in [1.54, 1.807) is 0 Å². The molecule has 0 amide bonds. The highest BCUT2D eigenvalue weighted by molar-refractivity contribution is 9.09. The average Bonchev–Trinajstić information content (AvgIpc) is 3.29. The molecule has 0 aromatic rings. The van der Waals surface area contributed by atoms with Crippen molar-refractivity contribution in [3.63, 3.8) is 0 Å². The van der Waals surface area contributed by atoms with Gasteiger partial charge in [0.1, 0.15) is 5.60 Å². The van der Waals surface area contributed by atoms with Crippen LogP contribution < -0.4 is 0 Å². The van der Waals surface area contributed by atoms with E-state index in [4.69, 9.17) is 23.7 Å². The minimum absolute atomic E-state index is 0.293. The predicted molar refractivity (Wildman–Crippen MR) is 169 cm³/mol. The summed E-state index contributed by atoms with van der Waals surface area (Å²) in [5.41, 5.74) is -4.96. The van der Waals surface area contributed by atoms with Crippen LogP contribution in [-0.4, -0.2) is 84.1 Å². The molecule has 0 aliphatic carbocycles. The Morgan fingerprint density at radius 1 is 0.837 bits per heavy atom. The molecule has 43 heavy (non-hydrogen) atoms. The third kappa shape index (κ3) is 6.62. The van der Waals surface area contributed by atoms with E-state index in [1.165, 1.54) is 6.92 Å². The Labute approximate surface area is 268 Å². The summed E-state index contributed by atoms with van der Waals surface area (Å²) in [6.45, 7) is 21.8. The third-order valence-electron chi connectivity index (χ3n) is 12.0. The summed E-state index contributed by atoms with van der Waals surface area (Å²) < 4.78 is 32.5. The molecule has 0 radical (unpaired) electrons. The maximum absolute atomic E-state index is 11.7. The van der Waals surface area contributed by atoms with Crippen LogP contribution in [0.25, 0.3) is 0 Å². The van der Waals surface area contributed by atoms with E-state index in [0.29, 0.717) is 36.9 Å². The largest absolute Gasteiger partial charge is 0.457 e. The fourth-order valence-electron chi connectivity index (χ4n) is 8.23. The van der Waals surface area contributed by atoms with Crippen molar-refractivity contribution in [3.8, 4) is 0 Å². The summed E-state index contributed by atoms with van der Waals surface area (Å²) in [7, 11) is 0. The van der Waals surface area contributed by atoms with Gasteiger partial charge in [-0.3, -0.25) is 4.79 Å². The van der Waals surface area contributed by atoms with E-state index in [-0.39, 0.29) is 23.8 Å². The van der Waals surface area contributed by atoms with Crippen LogP contribution in [0, 0.1) is 0 Å².